The summed E-state index contributed by atoms with van der Waals surface area (Å²) >= 11 is 0. The maximum atomic E-state index is 12.5. The van der Waals surface area contributed by atoms with Gasteiger partial charge in [-0.25, -0.2) is 0 Å². The minimum Gasteiger partial charge on any atom is -0.454 e. The number of pyridine rings is 1. The topological polar surface area (TPSA) is 129 Å². The van der Waals surface area contributed by atoms with Crippen molar-refractivity contribution in [2.45, 2.75) is 44.6 Å². The van der Waals surface area contributed by atoms with E-state index in [1.165, 1.54) is 24.1 Å². The molecule has 2 aliphatic heterocycles. The van der Waals surface area contributed by atoms with Gasteiger partial charge >= 0.3 is 0 Å². The van der Waals surface area contributed by atoms with Gasteiger partial charge in [0, 0.05) is 35.6 Å². The Labute approximate surface area is 230 Å². The molecular weight excluding hydrogens is 508 g/mol. The lowest BCUT2D eigenvalue weighted by atomic mass is 9.99. The third-order valence-corrected chi connectivity index (χ3v) is 7.38. The Balaban J connectivity index is 0.976. The molecule has 5 heterocycles. The van der Waals surface area contributed by atoms with E-state index in [1.54, 1.807) is 12.4 Å². The molecule has 7 rings (SSSR count). The van der Waals surface area contributed by atoms with Gasteiger partial charge in [0.15, 0.2) is 17.1 Å². The monoisotopic (exact) mass is 538 g/mol. The number of hydrogen-bond acceptors (Lipinski definition) is 9. The van der Waals surface area contributed by atoms with E-state index in [9.17, 15) is 4.79 Å². The summed E-state index contributed by atoms with van der Waals surface area (Å²) in [5.74, 6) is 1.92. The SMILES string of the molecule is O=C(NCc1ccccn1)C1=CN(CCCCc2cc3c(-c4ccc5c(c4)OCO5)c(C4CC4)[nH]c3nn2)NN1. The van der Waals surface area contributed by atoms with Gasteiger partial charge in [-0.15, -0.1) is 10.6 Å². The van der Waals surface area contributed by atoms with E-state index in [0.29, 0.717) is 18.2 Å². The van der Waals surface area contributed by atoms with E-state index in [4.69, 9.17) is 9.47 Å². The third kappa shape index (κ3) is 5.03. The van der Waals surface area contributed by atoms with E-state index in [1.807, 2.05) is 29.3 Å². The largest absolute Gasteiger partial charge is 0.454 e. The quantitative estimate of drug-likeness (QED) is 0.224. The first-order chi connectivity index (χ1) is 19.7. The smallest absolute Gasteiger partial charge is 0.270 e. The third-order valence-electron chi connectivity index (χ3n) is 7.38. The Morgan fingerprint density at radius 1 is 1.05 bits per heavy atom. The molecule has 0 atom stereocenters. The van der Waals surface area contributed by atoms with Crippen molar-refractivity contribution in [2.75, 3.05) is 13.3 Å². The van der Waals surface area contributed by atoms with E-state index in [0.717, 1.165) is 65.3 Å². The average molecular weight is 539 g/mol. The number of H-pyrrole nitrogens is 1. The molecule has 40 heavy (non-hydrogen) atoms. The van der Waals surface area contributed by atoms with Crippen molar-refractivity contribution < 1.29 is 14.3 Å². The molecule has 1 fully saturated rings. The number of aromatic amines is 1. The van der Waals surface area contributed by atoms with Gasteiger partial charge in [-0.1, -0.05) is 12.1 Å². The van der Waals surface area contributed by atoms with Crippen LogP contribution in [0.1, 0.15) is 48.7 Å². The Bertz CT molecular complexity index is 1580. The second kappa shape index (κ2) is 10.5. The molecule has 3 aromatic heterocycles. The number of fused-ring (bicyclic) bond motifs is 2. The van der Waals surface area contributed by atoms with E-state index >= 15 is 0 Å². The van der Waals surface area contributed by atoms with Gasteiger partial charge in [0.1, 0.15) is 5.70 Å². The van der Waals surface area contributed by atoms with Gasteiger partial charge in [0.2, 0.25) is 6.79 Å². The first-order valence-corrected chi connectivity index (χ1v) is 13.7. The maximum absolute atomic E-state index is 12.5. The number of carbonyl (C=O) groups excluding carboxylic acids is 1. The van der Waals surface area contributed by atoms with Crippen LogP contribution in [0.15, 0.2) is 60.6 Å². The molecule has 3 aliphatic rings. The highest BCUT2D eigenvalue weighted by Gasteiger charge is 2.30. The fourth-order valence-corrected chi connectivity index (χ4v) is 5.16. The van der Waals surface area contributed by atoms with Crippen molar-refractivity contribution in [3.8, 4) is 22.6 Å². The number of hydrazine groups is 2. The summed E-state index contributed by atoms with van der Waals surface area (Å²) in [6.45, 7) is 1.39. The van der Waals surface area contributed by atoms with Crippen LogP contribution >= 0.6 is 0 Å². The average Bonchev–Trinajstić information content (AvgIpc) is 3.37. The second-order valence-electron chi connectivity index (χ2n) is 10.3. The number of aromatic nitrogens is 4. The number of nitrogens with one attached hydrogen (secondary N) is 4. The second-order valence-corrected chi connectivity index (χ2v) is 10.3. The van der Waals surface area contributed by atoms with Gasteiger partial charge in [0.05, 0.1) is 17.9 Å². The number of nitrogens with zero attached hydrogens (tertiary/aromatic N) is 4. The summed E-state index contributed by atoms with van der Waals surface area (Å²) in [7, 11) is 0. The molecule has 0 saturated heterocycles. The Morgan fingerprint density at radius 2 is 1.98 bits per heavy atom. The Hall–Kier alpha value is -4.64. The summed E-state index contributed by atoms with van der Waals surface area (Å²) in [6, 6.07) is 13.9. The van der Waals surface area contributed by atoms with Crippen molar-refractivity contribution in [1.29, 1.82) is 0 Å². The van der Waals surface area contributed by atoms with Gasteiger partial charge < -0.3 is 19.8 Å². The molecular formula is C29H30N8O3. The van der Waals surface area contributed by atoms with E-state index < -0.39 is 0 Å². The summed E-state index contributed by atoms with van der Waals surface area (Å²) in [5, 5.41) is 14.9. The Kier molecular flexibility index (Phi) is 6.40. The fourth-order valence-electron chi connectivity index (χ4n) is 5.16. The number of unbranched alkanes of at least 4 members (excludes halogenated alkanes) is 1. The van der Waals surface area contributed by atoms with E-state index in [-0.39, 0.29) is 12.7 Å². The zero-order chi connectivity index (χ0) is 26.9. The number of carbonyl (C=O) groups is 1. The molecule has 1 aliphatic carbocycles. The number of hydrogen-bond donors (Lipinski definition) is 4. The molecule has 0 bridgehead atoms. The van der Waals surface area contributed by atoms with Gasteiger partial charge in [-0.2, -0.15) is 5.10 Å². The van der Waals surface area contributed by atoms with Crippen LogP contribution in [0.4, 0.5) is 0 Å². The fraction of sp³-hybridized carbons (Fsp3) is 0.310. The predicted octanol–water partition coefficient (Wildman–Crippen LogP) is 3.43. The molecule has 4 N–H and O–H groups in total. The summed E-state index contributed by atoms with van der Waals surface area (Å²) in [4.78, 5) is 20.2. The van der Waals surface area contributed by atoms with Crippen LogP contribution in [0.5, 0.6) is 11.5 Å². The van der Waals surface area contributed by atoms with Crippen LogP contribution in [-0.4, -0.2) is 44.4 Å². The minimum atomic E-state index is -0.181. The summed E-state index contributed by atoms with van der Waals surface area (Å²) in [6.07, 6.45) is 8.55. The standard InChI is InChI=1S/C29H30N8O3/c38-29(31-15-21-6-1-3-11-30-21)23-16-37(36-34-23)12-4-2-5-20-14-22-26(19-9-10-24-25(13-19)40-17-39-24)27(18-7-8-18)32-28(22)35-33-20/h1,3,6,9-11,13-14,16,18,34,36H,2,4-5,7-8,12,15,17H2,(H,31,38)(H,32,35). The van der Waals surface area contributed by atoms with Gasteiger partial charge in [-0.05, 0) is 73.9 Å². The number of ether oxygens (including phenoxy) is 2. The number of benzene rings is 1. The maximum Gasteiger partial charge on any atom is 0.270 e. The predicted molar refractivity (Wildman–Crippen MR) is 148 cm³/mol. The van der Waals surface area contributed by atoms with Gasteiger partial charge in [-0.3, -0.25) is 20.2 Å². The molecule has 11 heteroatoms. The highest BCUT2D eigenvalue weighted by atomic mass is 16.7. The normalized spacial score (nSPS) is 15.8. The molecule has 1 saturated carbocycles. The first kappa shape index (κ1) is 24.4. The highest BCUT2D eigenvalue weighted by Crippen LogP contribution is 2.47. The molecule has 204 valence electrons. The molecule has 0 spiro atoms. The van der Waals surface area contributed by atoms with Crippen LogP contribution in [0.25, 0.3) is 22.2 Å². The van der Waals surface area contributed by atoms with Crippen molar-refractivity contribution >= 4 is 16.9 Å². The Morgan fingerprint density at radius 3 is 2.85 bits per heavy atom. The summed E-state index contributed by atoms with van der Waals surface area (Å²) < 4.78 is 11.2. The molecule has 0 radical (unpaired) electrons. The first-order valence-electron chi connectivity index (χ1n) is 13.7. The number of aryl methyl sites for hydroxylation is 1. The van der Waals surface area contributed by atoms with Gasteiger partial charge in [0.25, 0.3) is 5.91 Å². The summed E-state index contributed by atoms with van der Waals surface area (Å²) in [5.41, 5.74) is 12.6. The molecule has 4 aromatic rings. The lowest BCUT2D eigenvalue weighted by Crippen LogP contribution is -2.39. The van der Waals surface area contributed by atoms with Crippen molar-refractivity contribution in [3.05, 3.63) is 77.6 Å². The van der Waals surface area contributed by atoms with Crippen LogP contribution in [-0.2, 0) is 17.8 Å². The molecule has 0 unspecified atom stereocenters. The highest BCUT2D eigenvalue weighted by molar-refractivity contribution is 5.96. The zero-order valence-electron chi connectivity index (χ0n) is 21.9. The van der Waals surface area contributed by atoms with Crippen LogP contribution in [0.2, 0.25) is 0 Å². The van der Waals surface area contributed by atoms with Crippen LogP contribution < -0.4 is 25.8 Å². The lowest BCUT2D eigenvalue weighted by Gasteiger charge is -2.14. The van der Waals surface area contributed by atoms with Crippen LogP contribution in [0, 0.1) is 0 Å². The molecule has 11 nitrogen and oxygen atoms in total. The van der Waals surface area contributed by atoms with Crippen molar-refractivity contribution in [3.63, 3.8) is 0 Å². The number of rotatable bonds is 10. The van der Waals surface area contributed by atoms with Crippen LogP contribution in [0.3, 0.4) is 0 Å². The molecule has 1 amide bonds. The van der Waals surface area contributed by atoms with Crippen molar-refractivity contribution in [1.82, 2.24) is 41.5 Å². The number of amides is 1. The molecule has 1 aromatic carbocycles. The van der Waals surface area contributed by atoms with Crippen molar-refractivity contribution in [2.24, 2.45) is 0 Å². The lowest BCUT2D eigenvalue weighted by molar-refractivity contribution is -0.118. The van der Waals surface area contributed by atoms with E-state index in [2.05, 4.69) is 54.6 Å². The minimum absolute atomic E-state index is 0.181. The zero-order valence-corrected chi connectivity index (χ0v) is 21.9.